The summed E-state index contributed by atoms with van der Waals surface area (Å²) in [5, 5.41) is 9.09. The standard InChI is InChI=1S/C14H25NO3/c1-4-6-11(7-5-2)13(16)15-8-10(3)12(9-15)14(17)18/h10-12H,4-9H2,1-3H3,(H,17,18)/t10-,12-/m1/s1. The first kappa shape index (κ1) is 15.0. The number of hydrogen-bond acceptors (Lipinski definition) is 2. The molecule has 0 unspecified atom stereocenters. The second-order valence-electron chi connectivity index (χ2n) is 5.44. The molecule has 1 saturated heterocycles. The lowest BCUT2D eigenvalue weighted by Gasteiger charge is -2.23. The molecule has 0 aromatic carbocycles. The van der Waals surface area contributed by atoms with E-state index < -0.39 is 11.9 Å². The lowest BCUT2D eigenvalue weighted by Crippen LogP contribution is -2.35. The zero-order valence-corrected chi connectivity index (χ0v) is 11.7. The molecule has 2 atom stereocenters. The Bertz CT molecular complexity index is 297. The van der Waals surface area contributed by atoms with Gasteiger partial charge in [0.15, 0.2) is 0 Å². The summed E-state index contributed by atoms with van der Waals surface area (Å²) >= 11 is 0. The van der Waals surface area contributed by atoms with Crippen LogP contribution in [0.4, 0.5) is 0 Å². The molecule has 1 heterocycles. The van der Waals surface area contributed by atoms with Crippen molar-refractivity contribution < 1.29 is 14.7 Å². The summed E-state index contributed by atoms with van der Waals surface area (Å²) in [5.41, 5.74) is 0. The van der Waals surface area contributed by atoms with Gasteiger partial charge in [-0.2, -0.15) is 0 Å². The maximum atomic E-state index is 12.4. The first-order chi connectivity index (χ1) is 8.51. The maximum Gasteiger partial charge on any atom is 0.308 e. The van der Waals surface area contributed by atoms with E-state index in [1.54, 1.807) is 4.90 Å². The highest BCUT2D eigenvalue weighted by Crippen LogP contribution is 2.26. The Morgan fingerprint density at radius 3 is 2.17 bits per heavy atom. The molecule has 1 aliphatic heterocycles. The van der Waals surface area contributed by atoms with Crippen LogP contribution in [0.1, 0.15) is 46.5 Å². The third kappa shape index (κ3) is 3.47. The van der Waals surface area contributed by atoms with Crippen molar-refractivity contribution >= 4 is 11.9 Å². The number of nitrogens with zero attached hydrogens (tertiary/aromatic N) is 1. The topological polar surface area (TPSA) is 57.6 Å². The molecule has 0 saturated carbocycles. The Kier molecular flexibility index (Phi) is 5.63. The van der Waals surface area contributed by atoms with E-state index in [4.69, 9.17) is 5.11 Å². The number of hydrogen-bond donors (Lipinski definition) is 1. The molecule has 104 valence electrons. The van der Waals surface area contributed by atoms with E-state index in [1.807, 2.05) is 6.92 Å². The molecule has 1 rings (SSSR count). The van der Waals surface area contributed by atoms with Gasteiger partial charge >= 0.3 is 5.97 Å². The number of likely N-dealkylation sites (tertiary alicyclic amines) is 1. The smallest absolute Gasteiger partial charge is 0.308 e. The first-order valence-corrected chi connectivity index (χ1v) is 7.02. The monoisotopic (exact) mass is 255 g/mol. The van der Waals surface area contributed by atoms with Crippen molar-refractivity contribution in [3.8, 4) is 0 Å². The molecule has 1 aliphatic rings. The van der Waals surface area contributed by atoms with E-state index in [2.05, 4.69) is 13.8 Å². The molecule has 0 bridgehead atoms. The third-order valence-electron chi connectivity index (χ3n) is 3.86. The van der Waals surface area contributed by atoms with Crippen LogP contribution in [0, 0.1) is 17.8 Å². The molecule has 18 heavy (non-hydrogen) atoms. The number of rotatable bonds is 6. The van der Waals surface area contributed by atoms with Crippen molar-refractivity contribution in [3.63, 3.8) is 0 Å². The molecule has 0 aromatic heterocycles. The highest BCUT2D eigenvalue weighted by molar-refractivity contribution is 5.81. The molecule has 0 aromatic rings. The van der Waals surface area contributed by atoms with Gasteiger partial charge in [-0.25, -0.2) is 0 Å². The van der Waals surface area contributed by atoms with Crippen molar-refractivity contribution in [2.75, 3.05) is 13.1 Å². The Morgan fingerprint density at radius 2 is 1.78 bits per heavy atom. The molecule has 4 heteroatoms. The zero-order chi connectivity index (χ0) is 13.7. The van der Waals surface area contributed by atoms with Gasteiger partial charge in [0.25, 0.3) is 0 Å². The van der Waals surface area contributed by atoms with Gasteiger partial charge in [-0.05, 0) is 18.8 Å². The van der Waals surface area contributed by atoms with Crippen LogP contribution in [0.15, 0.2) is 0 Å². The summed E-state index contributed by atoms with van der Waals surface area (Å²) in [7, 11) is 0. The Morgan fingerprint density at radius 1 is 1.22 bits per heavy atom. The number of carboxylic acids is 1. The second kappa shape index (κ2) is 6.76. The minimum Gasteiger partial charge on any atom is -0.481 e. The maximum absolute atomic E-state index is 12.4. The molecule has 4 nitrogen and oxygen atoms in total. The summed E-state index contributed by atoms with van der Waals surface area (Å²) in [4.78, 5) is 25.2. The fourth-order valence-electron chi connectivity index (χ4n) is 2.81. The van der Waals surface area contributed by atoms with Crippen molar-refractivity contribution in [2.45, 2.75) is 46.5 Å². The van der Waals surface area contributed by atoms with Crippen molar-refractivity contribution in [1.82, 2.24) is 4.90 Å². The van der Waals surface area contributed by atoms with E-state index in [-0.39, 0.29) is 17.7 Å². The summed E-state index contributed by atoms with van der Waals surface area (Å²) in [6.07, 6.45) is 3.83. The van der Waals surface area contributed by atoms with Crippen LogP contribution in [0.3, 0.4) is 0 Å². The van der Waals surface area contributed by atoms with Gasteiger partial charge < -0.3 is 10.0 Å². The van der Waals surface area contributed by atoms with E-state index in [0.29, 0.717) is 13.1 Å². The Labute approximate surface area is 109 Å². The minimum atomic E-state index is -0.777. The summed E-state index contributed by atoms with van der Waals surface area (Å²) in [5.74, 6) is -0.859. The fourth-order valence-corrected chi connectivity index (χ4v) is 2.81. The fraction of sp³-hybridized carbons (Fsp3) is 0.857. The lowest BCUT2D eigenvalue weighted by molar-refractivity contribution is -0.142. The van der Waals surface area contributed by atoms with E-state index in [1.165, 1.54) is 0 Å². The molecule has 1 fully saturated rings. The summed E-state index contributed by atoms with van der Waals surface area (Å²) in [6.45, 7) is 7.07. The molecular weight excluding hydrogens is 230 g/mol. The second-order valence-corrected chi connectivity index (χ2v) is 5.44. The van der Waals surface area contributed by atoms with Crippen molar-refractivity contribution in [1.29, 1.82) is 0 Å². The van der Waals surface area contributed by atoms with Gasteiger partial charge in [-0.15, -0.1) is 0 Å². The molecule has 0 radical (unpaired) electrons. The number of carbonyl (C=O) groups is 2. The van der Waals surface area contributed by atoms with Crippen LogP contribution in [-0.2, 0) is 9.59 Å². The third-order valence-corrected chi connectivity index (χ3v) is 3.86. The van der Waals surface area contributed by atoms with Gasteiger partial charge in [0.1, 0.15) is 0 Å². The van der Waals surface area contributed by atoms with Crippen LogP contribution in [0.5, 0.6) is 0 Å². The predicted octanol–water partition coefficient (Wildman–Crippen LogP) is 2.38. The normalized spacial score (nSPS) is 23.7. The molecule has 0 aliphatic carbocycles. The van der Waals surface area contributed by atoms with Crippen LogP contribution in [0.25, 0.3) is 0 Å². The van der Waals surface area contributed by atoms with Crippen molar-refractivity contribution in [3.05, 3.63) is 0 Å². The Hall–Kier alpha value is -1.06. The minimum absolute atomic E-state index is 0.0651. The molecule has 1 N–H and O–H groups in total. The van der Waals surface area contributed by atoms with Crippen molar-refractivity contribution in [2.24, 2.45) is 17.8 Å². The van der Waals surface area contributed by atoms with Gasteiger partial charge in [0.05, 0.1) is 5.92 Å². The largest absolute Gasteiger partial charge is 0.481 e. The van der Waals surface area contributed by atoms with E-state index in [9.17, 15) is 9.59 Å². The van der Waals surface area contributed by atoms with Gasteiger partial charge in [0.2, 0.25) is 5.91 Å². The highest BCUT2D eigenvalue weighted by Gasteiger charge is 2.38. The number of carboxylic acid groups (broad SMARTS) is 1. The number of carbonyl (C=O) groups excluding carboxylic acids is 1. The van der Waals surface area contributed by atoms with E-state index >= 15 is 0 Å². The molecule has 0 spiro atoms. The molecule has 1 amide bonds. The number of amides is 1. The Balaban J connectivity index is 2.64. The average molecular weight is 255 g/mol. The highest BCUT2D eigenvalue weighted by atomic mass is 16.4. The summed E-state index contributed by atoms with van der Waals surface area (Å²) < 4.78 is 0. The van der Waals surface area contributed by atoms with Gasteiger partial charge in [-0.1, -0.05) is 33.6 Å². The SMILES string of the molecule is CCCC(CCC)C(=O)N1C[C@@H](C)[C@H](C(=O)O)C1. The van der Waals surface area contributed by atoms with Gasteiger partial charge in [0, 0.05) is 19.0 Å². The van der Waals surface area contributed by atoms with Gasteiger partial charge in [-0.3, -0.25) is 9.59 Å². The predicted molar refractivity (Wildman–Crippen MR) is 70.2 cm³/mol. The quantitative estimate of drug-likeness (QED) is 0.792. The van der Waals surface area contributed by atoms with Crippen LogP contribution in [-0.4, -0.2) is 35.0 Å². The van der Waals surface area contributed by atoms with Crippen LogP contribution < -0.4 is 0 Å². The first-order valence-electron chi connectivity index (χ1n) is 7.02. The van der Waals surface area contributed by atoms with E-state index in [0.717, 1.165) is 25.7 Å². The van der Waals surface area contributed by atoms with Crippen LogP contribution >= 0.6 is 0 Å². The van der Waals surface area contributed by atoms with Crippen LogP contribution in [0.2, 0.25) is 0 Å². The molecular formula is C14H25NO3. The number of aliphatic carboxylic acids is 1. The average Bonchev–Trinajstić information content (AvgIpc) is 2.70. The summed E-state index contributed by atoms with van der Waals surface area (Å²) in [6, 6.07) is 0. The zero-order valence-electron chi connectivity index (χ0n) is 11.7. The lowest BCUT2D eigenvalue weighted by atomic mass is 9.97.